The summed E-state index contributed by atoms with van der Waals surface area (Å²) in [4.78, 5) is 29.2. The largest absolute Gasteiger partial charge is 0.352 e. The van der Waals surface area contributed by atoms with Crippen LogP contribution in [-0.2, 0) is 26.2 Å². The number of nitrogens with one attached hydrogen (secondary N) is 1. The minimum absolute atomic E-state index is 0.0517. The molecule has 0 spiro atoms. The highest BCUT2D eigenvalue weighted by atomic mass is 35.5. The second-order valence-electron chi connectivity index (χ2n) is 10.5. The van der Waals surface area contributed by atoms with Crippen LogP contribution in [0.5, 0.6) is 0 Å². The molecule has 0 aliphatic heterocycles. The fourth-order valence-electron chi connectivity index (χ4n) is 4.51. The van der Waals surface area contributed by atoms with Crippen LogP contribution in [0.2, 0.25) is 5.02 Å². The van der Waals surface area contributed by atoms with Gasteiger partial charge in [-0.3, -0.25) is 13.9 Å². The lowest BCUT2D eigenvalue weighted by Gasteiger charge is -2.34. The van der Waals surface area contributed by atoms with Gasteiger partial charge in [-0.2, -0.15) is 0 Å². The molecular weight excluding hydrogens is 558 g/mol. The molecule has 0 aliphatic rings. The van der Waals surface area contributed by atoms with Gasteiger partial charge in [0.15, 0.2) is 0 Å². The van der Waals surface area contributed by atoms with Crippen LogP contribution in [0.1, 0.15) is 55.9 Å². The first-order valence-corrected chi connectivity index (χ1v) is 15.7. The van der Waals surface area contributed by atoms with Gasteiger partial charge in [0, 0.05) is 17.6 Å². The molecule has 0 saturated carbocycles. The molecule has 3 aromatic carbocycles. The van der Waals surface area contributed by atoms with Crippen molar-refractivity contribution in [2.75, 3.05) is 10.8 Å². The van der Waals surface area contributed by atoms with Crippen molar-refractivity contribution in [2.24, 2.45) is 0 Å². The smallest absolute Gasteiger partial charge is 0.264 e. The van der Waals surface area contributed by atoms with E-state index in [1.165, 1.54) is 4.90 Å². The molecule has 41 heavy (non-hydrogen) atoms. The summed E-state index contributed by atoms with van der Waals surface area (Å²) in [5.74, 6) is -0.797. The highest BCUT2D eigenvalue weighted by Gasteiger charge is 2.34. The average molecular weight is 598 g/mol. The fourth-order valence-corrected chi connectivity index (χ4v) is 6.18. The Morgan fingerprint density at radius 1 is 0.902 bits per heavy atom. The molecule has 3 aromatic rings. The van der Waals surface area contributed by atoms with Crippen LogP contribution < -0.4 is 9.62 Å². The van der Waals surface area contributed by atoms with E-state index < -0.39 is 28.5 Å². The Balaban J connectivity index is 2.11. The molecule has 9 heteroatoms. The van der Waals surface area contributed by atoms with Crippen molar-refractivity contribution >= 4 is 39.1 Å². The number of amides is 2. The second kappa shape index (κ2) is 14.0. The number of aryl methyl sites for hydroxylation is 3. The normalized spacial score (nSPS) is 12.9. The summed E-state index contributed by atoms with van der Waals surface area (Å²) in [6.45, 7) is 10.8. The molecule has 0 aliphatic carbocycles. The zero-order valence-electron chi connectivity index (χ0n) is 24.6. The van der Waals surface area contributed by atoms with E-state index in [1.807, 2.05) is 59.7 Å². The Morgan fingerprint density at radius 3 is 2.15 bits per heavy atom. The van der Waals surface area contributed by atoms with Crippen molar-refractivity contribution in [3.8, 4) is 0 Å². The number of anilines is 1. The monoisotopic (exact) mass is 597 g/mol. The molecule has 220 valence electrons. The van der Waals surface area contributed by atoms with Crippen molar-refractivity contribution in [3.05, 3.63) is 94.0 Å². The number of benzene rings is 3. The molecule has 0 unspecified atom stereocenters. The lowest BCUT2D eigenvalue weighted by Crippen LogP contribution is -2.53. The zero-order chi connectivity index (χ0) is 30.3. The van der Waals surface area contributed by atoms with Crippen molar-refractivity contribution in [3.63, 3.8) is 0 Å². The Kier molecular flexibility index (Phi) is 11.0. The average Bonchev–Trinajstić information content (AvgIpc) is 2.94. The molecule has 0 bridgehead atoms. The quantitative estimate of drug-likeness (QED) is 0.270. The summed E-state index contributed by atoms with van der Waals surface area (Å²) in [6, 6.07) is 18.3. The summed E-state index contributed by atoms with van der Waals surface area (Å²) >= 11 is 6.47. The highest BCUT2D eigenvalue weighted by molar-refractivity contribution is 7.92. The highest BCUT2D eigenvalue weighted by Crippen LogP contribution is 2.29. The van der Waals surface area contributed by atoms with Crippen molar-refractivity contribution in [1.82, 2.24) is 10.2 Å². The number of nitrogens with zero attached hydrogens (tertiary/aromatic N) is 2. The maximum atomic E-state index is 14.2. The molecule has 2 atom stereocenters. The number of halogens is 1. The molecular formula is C32H40ClN3O4S. The Morgan fingerprint density at radius 2 is 1.54 bits per heavy atom. The van der Waals surface area contributed by atoms with Crippen molar-refractivity contribution < 1.29 is 18.0 Å². The van der Waals surface area contributed by atoms with Gasteiger partial charge in [0.2, 0.25) is 11.8 Å². The second-order valence-corrected chi connectivity index (χ2v) is 12.7. The molecule has 0 radical (unpaired) electrons. The van der Waals surface area contributed by atoms with Gasteiger partial charge in [-0.05, 0) is 81.5 Å². The van der Waals surface area contributed by atoms with E-state index in [1.54, 1.807) is 48.5 Å². The van der Waals surface area contributed by atoms with E-state index >= 15 is 0 Å². The number of carbonyl (C=O) groups is 2. The number of hydrogen-bond donors (Lipinski definition) is 1. The van der Waals surface area contributed by atoms with Gasteiger partial charge in [0.1, 0.15) is 12.6 Å². The summed E-state index contributed by atoms with van der Waals surface area (Å²) in [5, 5.41) is 3.44. The summed E-state index contributed by atoms with van der Waals surface area (Å²) in [5.41, 5.74) is 3.56. The zero-order valence-corrected chi connectivity index (χ0v) is 26.2. The molecule has 0 heterocycles. The predicted molar refractivity (Wildman–Crippen MR) is 166 cm³/mol. The van der Waals surface area contributed by atoms with Gasteiger partial charge in [-0.25, -0.2) is 8.42 Å². The predicted octanol–water partition coefficient (Wildman–Crippen LogP) is 6.18. The molecule has 0 fully saturated rings. The van der Waals surface area contributed by atoms with Crippen LogP contribution in [0.4, 0.5) is 5.69 Å². The molecule has 3 rings (SSSR count). The minimum Gasteiger partial charge on any atom is -0.352 e. The van der Waals surface area contributed by atoms with Gasteiger partial charge in [0.05, 0.1) is 10.6 Å². The van der Waals surface area contributed by atoms with Crippen LogP contribution in [0, 0.1) is 20.8 Å². The molecule has 0 saturated heterocycles. The van der Waals surface area contributed by atoms with Gasteiger partial charge in [-0.1, -0.05) is 73.5 Å². The number of hydrogen-bond acceptors (Lipinski definition) is 4. The van der Waals surface area contributed by atoms with Crippen LogP contribution in [0.15, 0.2) is 71.6 Å². The topological polar surface area (TPSA) is 86.8 Å². The minimum atomic E-state index is -4.14. The van der Waals surface area contributed by atoms with E-state index in [-0.39, 0.29) is 23.4 Å². The first-order valence-electron chi connectivity index (χ1n) is 13.9. The third-order valence-electron chi connectivity index (χ3n) is 7.21. The Bertz CT molecular complexity index is 1470. The van der Waals surface area contributed by atoms with Crippen LogP contribution in [-0.4, -0.2) is 43.8 Å². The SMILES string of the molecule is CC[C@@H](C)NC(=O)[C@H](CC)N(Cc1ccccc1Cl)C(=O)CN(c1cc(C)ccc1C)S(=O)(=O)c1ccc(C)cc1. The number of rotatable bonds is 12. The van der Waals surface area contributed by atoms with Gasteiger partial charge in [0.25, 0.3) is 10.0 Å². The molecule has 1 N–H and O–H groups in total. The lowest BCUT2D eigenvalue weighted by molar-refractivity contribution is -0.140. The third-order valence-corrected chi connectivity index (χ3v) is 9.35. The van der Waals surface area contributed by atoms with Gasteiger partial charge < -0.3 is 10.2 Å². The summed E-state index contributed by atoms with van der Waals surface area (Å²) < 4.78 is 29.3. The van der Waals surface area contributed by atoms with E-state index in [2.05, 4.69) is 5.32 Å². The Labute approximate surface area is 249 Å². The fraction of sp³-hybridized carbons (Fsp3) is 0.375. The molecule has 7 nitrogen and oxygen atoms in total. The third kappa shape index (κ3) is 7.89. The van der Waals surface area contributed by atoms with E-state index in [9.17, 15) is 18.0 Å². The van der Waals surface area contributed by atoms with Gasteiger partial charge in [-0.15, -0.1) is 0 Å². The maximum absolute atomic E-state index is 14.2. The van der Waals surface area contributed by atoms with E-state index in [0.717, 1.165) is 21.9 Å². The number of sulfonamides is 1. The summed E-state index contributed by atoms with van der Waals surface area (Å²) in [7, 11) is -4.14. The molecule has 2 amide bonds. The van der Waals surface area contributed by atoms with Crippen molar-refractivity contribution in [1.29, 1.82) is 0 Å². The standard InChI is InChI=1S/C32H40ClN3O4S/c1-7-25(6)34-32(38)29(8-2)35(20-26-11-9-10-12-28(26)33)31(37)21-36(30-19-23(4)13-16-24(30)5)41(39,40)27-17-14-22(3)15-18-27/h9-19,25,29H,7-8,20-21H2,1-6H3,(H,34,38)/t25-,29+/m1/s1. The van der Waals surface area contributed by atoms with E-state index in [4.69, 9.17) is 11.6 Å². The van der Waals surface area contributed by atoms with Crippen LogP contribution >= 0.6 is 11.6 Å². The summed E-state index contributed by atoms with van der Waals surface area (Å²) in [6.07, 6.45) is 1.07. The van der Waals surface area contributed by atoms with Gasteiger partial charge >= 0.3 is 0 Å². The first kappa shape index (κ1) is 32.2. The maximum Gasteiger partial charge on any atom is 0.264 e. The lowest BCUT2D eigenvalue weighted by atomic mass is 10.1. The first-order chi connectivity index (χ1) is 19.4. The van der Waals surface area contributed by atoms with Crippen molar-refractivity contribution in [2.45, 2.75) is 77.9 Å². The van der Waals surface area contributed by atoms with Crippen LogP contribution in [0.3, 0.4) is 0 Å². The molecule has 0 aromatic heterocycles. The Hall–Kier alpha value is -3.36. The van der Waals surface area contributed by atoms with E-state index in [0.29, 0.717) is 28.3 Å². The van der Waals surface area contributed by atoms with Crippen LogP contribution in [0.25, 0.3) is 0 Å². The number of carbonyl (C=O) groups excluding carboxylic acids is 2.